The lowest BCUT2D eigenvalue weighted by Gasteiger charge is -2.37. The van der Waals surface area contributed by atoms with Crippen LogP contribution in [0.2, 0.25) is 0 Å². The molecule has 0 bridgehead atoms. The molecule has 2 atom stereocenters. The van der Waals surface area contributed by atoms with E-state index in [1.165, 1.54) is 7.11 Å². The van der Waals surface area contributed by atoms with Gasteiger partial charge in [-0.05, 0) is 12.8 Å². The Balaban J connectivity index is 2.04. The van der Waals surface area contributed by atoms with Crippen LogP contribution in [-0.4, -0.2) is 73.5 Å². The lowest BCUT2D eigenvalue weighted by atomic mass is 10.1. The van der Waals surface area contributed by atoms with E-state index >= 15 is 0 Å². The molecule has 1 aliphatic heterocycles. The lowest BCUT2D eigenvalue weighted by molar-refractivity contribution is -0.153. The summed E-state index contributed by atoms with van der Waals surface area (Å²) in [4.78, 5) is 25.1. The minimum atomic E-state index is -0.979. The van der Waals surface area contributed by atoms with Crippen LogP contribution in [0.5, 0.6) is 0 Å². The van der Waals surface area contributed by atoms with Crippen LogP contribution < -0.4 is 5.32 Å². The van der Waals surface area contributed by atoms with Crippen LogP contribution in [0.25, 0.3) is 0 Å². The predicted octanol–water partition coefficient (Wildman–Crippen LogP) is -0.935. The van der Waals surface area contributed by atoms with E-state index in [9.17, 15) is 14.7 Å². The minimum Gasteiger partial charge on any atom is -0.480 e. The first-order valence-corrected chi connectivity index (χ1v) is 6.49. The number of ether oxygens (including phenoxy) is 2. The molecular formula is C12H20N2O5. The molecule has 1 heterocycles. The summed E-state index contributed by atoms with van der Waals surface area (Å²) in [5.41, 5.74) is 0. The third-order valence-corrected chi connectivity index (χ3v) is 3.41. The third-order valence-electron chi connectivity index (χ3n) is 3.41. The Bertz CT molecular complexity index is 345. The number of carbonyl (C=O) groups excluding carboxylic acids is 1. The molecule has 1 saturated carbocycles. The Morgan fingerprint density at radius 2 is 2.26 bits per heavy atom. The number of methoxy groups -OCH3 is 1. The largest absolute Gasteiger partial charge is 0.480 e. The van der Waals surface area contributed by atoms with E-state index in [0.717, 1.165) is 12.8 Å². The molecule has 0 aromatic rings. The summed E-state index contributed by atoms with van der Waals surface area (Å²) in [5.74, 6) is -1.13. The smallest absolute Gasteiger partial charge is 0.323 e. The van der Waals surface area contributed by atoms with Crippen LogP contribution in [0.3, 0.4) is 0 Å². The van der Waals surface area contributed by atoms with Crippen molar-refractivity contribution in [3.63, 3.8) is 0 Å². The molecule has 7 heteroatoms. The first-order valence-electron chi connectivity index (χ1n) is 6.49. The molecule has 1 saturated heterocycles. The van der Waals surface area contributed by atoms with Crippen molar-refractivity contribution in [3.8, 4) is 0 Å². The molecule has 0 aromatic heterocycles. The van der Waals surface area contributed by atoms with Crippen LogP contribution >= 0.6 is 0 Å². The number of rotatable bonds is 6. The normalized spacial score (nSPS) is 25.8. The minimum absolute atomic E-state index is 0.0581. The van der Waals surface area contributed by atoms with Gasteiger partial charge in [-0.25, -0.2) is 0 Å². The number of nitrogens with zero attached hydrogens (tertiary/aromatic N) is 1. The fourth-order valence-electron chi connectivity index (χ4n) is 2.21. The summed E-state index contributed by atoms with van der Waals surface area (Å²) in [5, 5.41) is 12.2. The SMILES string of the molecule is COCC(C(=O)O)N1CCOCC1C(=O)NC1CC1. The third kappa shape index (κ3) is 3.65. The zero-order valence-corrected chi connectivity index (χ0v) is 11.0. The summed E-state index contributed by atoms with van der Waals surface area (Å²) in [7, 11) is 1.45. The zero-order chi connectivity index (χ0) is 13.8. The molecule has 7 nitrogen and oxygen atoms in total. The van der Waals surface area contributed by atoms with Gasteiger partial charge < -0.3 is 19.9 Å². The standard InChI is InChI=1S/C12H20N2O5/c1-18-6-10(12(16)17)14-4-5-19-7-9(14)11(15)13-8-2-3-8/h8-10H,2-7H2,1H3,(H,13,15)(H,16,17). The average Bonchev–Trinajstić information content (AvgIpc) is 3.19. The van der Waals surface area contributed by atoms with Crippen molar-refractivity contribution >= 4 is 11.9 Å². The highest BCUT2D eigenvalue weighted by molar-refractivity contribution is 5.84. The summed E-state index contributed by atoms with van der Waals surface area (Å²) >= 11 is 0. The molecule has 108 valence electrons. The Hall–Kier alpha value is -1.18. The monoisotopic (exact) mass is 272 g/mol. The second-order valence-corrected chi connectivity index (χ2v) is 4.92. The molecule has 0 aromatic carbocycles. The van der Waals surface area contributed by atoms with Crippen molar-refractivity contribution in [3.05, 3.63) is 0 Å². The summed E-state index contributed by atoms with van der Waals surface area (Å²) in [6.45, 7) is 1.14. The molecular weight excluding hydrogens is 252 g/mol. The molecule has 0 radical (unpaired) electrons. The van der Waals surface area contributed by atoms with Gasteiger partial charge in [-0.2, -0.15) is 0 Å². The van der Waals surface area contributed by atoms with Gasteiger partial charge in [-0.1, -0.05) is 0 Å². The van der Waals surface area contributed by atoms with Gasteiger partial charge in [0.05, 0.1) is 19.8 Å². The van der Waals surface area contributed by atoms with E-state index in [2.05, 4.69) is 5.32 Å². The second kappa shape index (κ2) is 6.31. The van der Waals surface area contributed by atoms with E-state index in [0.29, 0.717) is 13.2 Å². The fourth-order valence-corrected chi connectivity index (χ4v) is 2.21. The quantitative estimate of drug-likeness (QED) is 0.649. The topological polar surface area (TPSA) is 88.1 Å². The molecule has 0 spiro atoms. The second-order valence-electron chi connectivity index (χ2n) is 4.92. The van der Waals surface area contributed by atoms with Crippen molar-refractivity contribution < 1.29 is 24.2 Å². The van der Waals surface area contributed by atoms with Crippen molar-refractivity contribution in [2.24, 2.45) is 0 Å². The summed E-state index contributed by atoms with van der Waals surface area (Å²) in [6.07, 6.45) is 2.00. The maximum Gasteiger partial charge on any atom is 0.323 e. The van der Waals surface area contributed by atoms with E-state index < -0.39 is 18.1 Å². The van der Waals surface area contributed by atoms with E-state index in [1.54, 1.807) is 4.90 Å². The van der Waals surface area contributed by atoms with Gasteiger partial charge in [0.15, 0.2) is 0 Å². The zero-order valence-electron chi connectivity index (χ0n) is 11.0. The first kappa shape index (κ1) is 14.2. The van der Waals surface area contributed by atoms with E-state index in [4.69, 9.17) is 9.47 Å². The van der Waals surface area contributed by atoms with Gasteiger partial charge in [0, 0.05) is 19.7 Å². The lowest BCUT2D eigenvalue weighted by Crippen LogP contribution is -2.60. The highest BCUT2D eigenvalue weighted by Crippen LogP contribution is 2.20. The van der Waals surface area contributed by atoms with Gasteiger partial charge in [0.25, 0.3) is 0 Å². The molecule has 1 aliphatic carbocycles. The number of nitrogens with one attached hydrogen (secondary N) is 1. The van der Waals surface area contributed by atoms with Gasteiger partial charge in [0.2, 0.25) is 5.91 Å². The Kier molecular flexibility index (Phi) is 4.73. The summed E-state index contributed by atoms with van der Waals surface area (Å²) < 4.78 is 10.3. The van der Waals surface area contributed by atoms with Gasteiger partial charge >= 0.3 is 5.97 Å². The van der Waals surface area contributed by atoms with Crippen molar-refractivity contribution in [1.82, 2.24) is 10.2 Å². The van der Waals surface area contributed by atoms with E-state index in [1.807, 2.05) is 0 Å². The van der Waals surface area contributed by atoms with Crippen molar-refractivity contribution in [2.45, 2.75) is 31.0 Å². The molecule has 19 heavy (non-hydrogen) atoms. The number of aliphatic carboxylic acids is 1. The predicted molar refractivity (Wildman–Crippen MR) is 65.8 cm³/mol. The van der Waals surface area contributed by atoms with Crippen LogP contribution in [0.1, 0.15) is 12.8 Å². The maximum absolute atomic E-state index is 12.1. The Morgan fingerprint density at radius 3 is 2.84 bits per heavy atom. The van der Waals surface area contributed by atoms with Gasteiger partial charge in [-0.3, -0.25) is 14.5 Å². The van der Waals surface area contributed by atoms with Crippen LogP contribution in [0.4, 0.5) is 0 Å². The number of hydrogen-bond donors (Lipinski definition) is 2. The molecule has 2 rings (SSSR count). The highest BCUT2D eigenvalue weighted by Gasteiger charge is 2.39. The molecule has 2 aliphatic rings. The van der Waals surface area contributed by atoms with Crippen LogP contribution in [0.15, 0.2) is 0 Å². The molecule has 2 unspecified atom stereocenters. The fraction of sp³-hybridized carbons (Fsp3) is 0.833. The number of morpholine rings is 1. The van der Waals surface area contributed by atoms with Crippen molar-refractivity contribution in [2.75, 3.05) is 33.5 Å². The molecule has 2 N–H and O–H groups in total. The van der Waals surface area contributed by atoms with E-state index in [-0.39, 0.29) is 25.2 Å². The number of amides is 1. The van der Waals surface area contributed by atoms with Crippen LogP contribution in [-0.2, 0) is 19.1 Å². The van der Waals surface area contributed by atoms with Crippen molar-refractivity contribution in [1.29, 1.82) is 0 Å². The first-order chi connectivity index (χ1) is 9.13. The number of carbonyl (C=O) groups is 2. The molecule has 1 amide bonds. The van der Waals surface area contributed by atoms with Gasteiger partial charge in [0.1, 0.15) is 12.1 Å². The number of hydrogen-bond acceptors (Lipinski definition) is 5. The highest BCUT2D eigenvalue weighted by atomic mass is 16.5. The number of carboxylic acid groups (broad SMARTS) is 1. The number of carboxylic acids is 1. The Morgan fingerprint density at radius 1 is 1.53 bits per heavy atom. The van der Waals surface area contributed by atoms with Gasteiger partial charge in [-0.15, -0.1) is 0 Å². The molecule has 2 fully saturated rings. The summed E-state index contributed by atoms with van der Waals surface area (Å²) in [6, 6.07) is -1.11. The Labute approximate surface area is 111 Å². The maximum atomic E-state index is 12.1. The average molecular weight is 272 g/mol. The van der Waals surface area contributed by atoms with Crippen LogP contribution in [0, 0.1) is 0 Å².